The molecule has 0 aliphatic heterocycles. The first-order valence-electron chi connectivity index (χ1n) is 7.22. The number of hydrogen-bond donors (Lipinski definition) is 2. The predicted molar refractivity (Wildman–Crippen MR) is 86.1 cm³/mol. The molecule has 7 heteroatoms. The number of carbonyl (C=O) groups excluding carboxylic acids is 1. The fourth-order valence-corrected chi connectivity index (χ4v) is 2.27. The van der Waals surface area contributed by atoms with Crippen LogP contribution in [-0.2, 0) is 4.79 Å². The lowest BCUT2D eigenvalue weighted by Crippen LogP contribution is -2.20. The molecule has 2 aromatic rings. The first-order valence-corrected chi connectivity index (χ1v) is 7.22. The molecule has 0 radical (unpaired) electrons. The lowest BCUT2D eigenvalue weighted by molar-refractivity contribution is -0.119. The van der Waals surface area contributed by atoms with Gasteiger partial charge in [0.2, 0.25) is 0 Å². The minimum absolute atomic E-state index is 0.0621. The Morgan fingerprint density at radius 1 is 1.21 bits per heavy atom. The third-order valence-electron chi connectivity index (χ3n) is 3.35. The van der Waals surface area contributed by atoms with Crippen molar-refractivity contribution in [3.8, 4) is 11.5 Å². The van der Waals surface area contributed by atoms with Crippen LogP contribution in [0.2, 0.25) is 0 Å². The maximum absolute atomic E-state index is 13.8. The van der Waals surface area contributed by atoms with E-state index in [0.717, 1.165) is 0 Å². The average Bonchev–Trinajstić information content (AvgIpc) is 2.53. The molecule has 1 atom stereocenters. The van der Waals surface area contributed by atoms with E-state index in [1.807, 2.05) is 0 Å². The Morgan fingerprint density at radius 3 is 2.46 bits per heavy atom. The quantitative estimate of drug-likeness (QED) is 0.815. The van der Waals surface area contributed by atoms with Crippen molar-refractivity contribution in [2.45, 2.75) is 13.0 Å². The van der Waals surface area contributed by atoms with Gasteiger partial charge in [0.15, 0.2) is 18.1 Å². The molecule has 0 fully saturated rings. The first kappa shape index (κ1) is 17.5. The lowest BCUT2D eigenvalue weighted by Gasteiger charge is -2.18. The Hall–Kier alpha value is -2.83. The van der Waals surface area contributed by atoms with E-state index in [2.05, 4.69) is 5.32 Å². The van der Waals surface area contributed by atoms with Crippen molar-refractivity contribution in [2.24, 2.45) is 5.73 Å². The van der Waals surface area contributed by atoms with Crippen molar-refractivity contribution >= 4 is 11.6 Å². The van der Waals surface area contributed by atoms with Gasteiger partial charge in [-0.2, -0.15) is 0 Å². The van der Waals surface area contributed by atoms with Crippen molar-refractivity contribution < 1.29 is 23.0 Å². The summed E-state index contributed by atoms with van der Waals surface area (Å²) in [5.74, 6) is -1.19. The van der Waals surface area contributed by atoms with Crippen molar-refractivity contribution in [1.82, 2.24) is 0 Å². The summed E-state index contributed by atoms with van der Waals surface area (Å²) in [6, 6.07) is 7.94. The largest absolute Gasteiger partial charge is 0.493 e. The number of amides is 1. The number of benzene rings is 2. The Morgan fingerprint density at radius 2 is 1.88 bits per heavy atom. The van der Waals surface area contributed by atoms with E-state index in [1.165, 1.54) is 25.3 Å². The lowest BCUT2D eigenvalue weighted by atomic mass is 10.1. The van der Waals surface area contributed by atoms with Crippen molar-refractivity contribution in [3.05, 3.63) is 53.6 Å². The first-order chi connectivity index (χ1) is 11.4. The molecule has 0 aliphatic rings. The number of primary amides is 1. The van der Waals surface area contributed by atoms with E-state index in [9.17, 15) is 13.6 Å². The molecule has 2 rings (SSSR count). The second-order valence-corrected chi connectivity index (χ2v) is 5.12. The van der Waals surface area contributed by atoms with Crippen LogP contribution in [0.15, 0.2) is 36.4 Å². The molecule has 24 heavy (non-hydrogen) atoms. The highest BCUT2D eigenvalue weighted by Gasteiger charge is 2.16. The molecule has 1 amide bonds. The van der Waals surface area contributed by atoms with Gasteiger partial charge >= 0.3 is 0 Å². The summed E-state index contributed by atoms with van der Waals surface area (Å²) in [5, 5.41) is 2.99. The van der Waals surface area contributed by atoms with Gasteiger partial charge in [-0.3, -0.25) is 4.79 Å². The van der Waals surface area contributed by atoms with Gasteiger partial charge in [-0.15, -0.1) is 0 Å². The van der Waals surface area contributed by atoms with Crippen molar-refractivity contribution in [2.75, 3.05) is 19.0 Å². The third kappa shape index (κ3) is 4.13. The van der Waals surface area contributed by atoms with Gasteiger partial charge in [0.05, 0.1) is 13.2 Å². The third-order valence-corrected chi connectivity index (χ3v) is 3.35. The Labute approximate surface area is 138 Å². The van der Waals surface area contributed by atoms with Gasteiger partial charge in [-0.1, -0.05) is 6.07 Å². The van der Waals surface area contributed by atoms with Crippen molar-refractivity contribution in [1.29, 1.82) is 0 Å². The molecule has 0 unspecified atom stereocenters. The van der Waals surface area contributed by atoms with E-state index in [-0.39, 0.29) is 12.2 Å². The molecule has 128 valence electrons. The highest BCUT2D eigenvalue weighted by atomic mass is 19.1. The molecule has 0 spiro atoms. The van der Waals surface area contributed by atoms with Gasteiger partial charge in [0, 0.05) is 17.3 Å². The highest BCUT2D eigenvalue weighted by Crippen LogP contribution is 2.32. The zero-order chi connectivity index (χ0) is 17.7. The molecule has 0 heterocycles. The van der Waals surface area contributed by atoms with Crippen molar-refractivity contribution in [3.63, 3.8) is 0 Å². The zero-order valence-electron chi connectivity index (χ0n) is 13.3. The standard InChI is InChI=1S/C17H18F2N2O3/c1-10(17-12(18)4-3-5-13(17)19)21-11-6-7-14(23-2)15(8-11)24-9-16(20)22/h3-8,10,21H,9H2,1-2H3,(H2,20,22)/t10-/m0/s1. The number of nitrogens with two attached hydrogens (primary N) is 1. The molecule has 0 bridgehead atoms. The second-order valence-electron chi connectivity index (χ2n) is 5.12. The summed E-state index contributed by atoms with van der Waals surface area (Å²) in [7, 11) is 1.46. The number of rotatable bonds is 7. The van der Waals surface area contributed by atoms with Crippen LogP contribution < -0.4 is 20.5 Å². The van der Waals surface area contributed by atoms with E-state index >= 15 is 0 Å². The van der Waals surface area contributed by atoms with E-state index < -0.39 is 23.6 Å². The topological polar surface area (TPSA) is 73.6 Å². The molecular formula is C17H18F2N2O3. The van der Waals surface area contributed by atoms with Gasteiger partial charge in [-0.05, 0) is 31.2 Å². The smallest absolute Gasteiger partial charge is 0.255 e. The van der Waals surface area contributed by atoms with Gasteiger partial charge in [0.1, 0.15) is 11.6 Å². The molecule has 3 N–H and O–H groups in total. The maximum atomic E-state index is 13.8. The summed E-state index contributed by atoms with van der Waals surface area (Å²) < 4.78 is 38.1. The fourth-order valence-electron chi connectivity index (χ4n) is 2.27. The van der Waals surface area contributed by atoms with Crippen LogP contribution in [0.3, 0.4) is 0 Å². The minimum atomic E-state index is -0.631. The van der Waals surface area contributed by atoms with Crippen LogP contribution in [0, 0.1) is 11.6 Å². The van der Waals surface area contributed by atoms with Crippen LogP contribution >= 0.6 is 0 Å². The summed E-state index contributed by atoms with van der Waals surface area (Å²) in [4.78, 5) is 10.9. The number of ether oxygens (including phenoxy) is 2. The Bertz CT molecular complexity index is 718. The van der Waals surface area contributed by atoms with E-state index in [4.69, 9.17) is 15.2 Å². The summed E-state index contributed by atoms with van der Waals surface area (Å²) >= 11 is 0. The summed E-state index contributed by atoms with van der Waals surface area (Å²) in [5.41, 5.74) is 5.54. The normalized spacial score (nSPS) is 11.7. The number of nitrogens with one attached hydrogen (secondary N) is 1. The van der Waals surface area contributed by atoms with Gasteiger partial charge < -0.3 is 20.5 Å². The molecule has 2 aromatic carbocycles. The monoisotopic (exact) mass is 336 g/mol. The summed E-state index contributed by atoms with van der Waals surface area (Å²) in [6.45, 7) is 1.33. The molecular weight excluding hydrogens is 318 g/mol. The average molecular weight is 336 g/mol. The minimum Gasteiger partial charge on any atom is -0.493 e. The van der Waals surface area contributed by atoms with Crippen LogP contribution in [0.4, 0.5) is 14.5 Å². The molecule has 0 saturated carbocycles. The fraction of sp³-hybridized carbons (Fsp3) is 0.235. The predicted octanol–water partition coefficient (Wildman–Crippen LogP) is 3.01. The van der Waals surface area contributed by atoms with Crippen LogP contribution in [-0.4, -0.2) is 19.6 Å². The number of methoxy groups -OCH3 is 1. The molecule has 0 aliphatic carbocycles. The highest BCUT2D eigenvalue weighted by molar-refractivity contribution is 5.75. The van der Waals surface area contributed by atoms with Gasteiger partial charge in [0.25, 0.3) is 5.91 Å². The van der Waals surface area contributed by atoms with Crippen LogP contribution in [0.5, 0.6) is 11.5 Å². The number of anilines is 1. The SMILES string of the molecule is COc1ccc(N[C@@H](C)c2c(F)cccc2F)cc1OCC(N)=O. The Kier molecular flexibility index (Phi) is 5.57. The van der Waals surface area contributed by atoms with Gasteiger partial charge in [-0.25, -0.2) is 8.78 Å². The number of hydrogen-bond acceptors (Lipinski definition) is 4. The zero-order valence-corrected chi connectivity index (χ0v) is 13.3. The summed E-state index contributed by atoms with van der Waals surface area (Å²) in [6.07, 6.45) is 0. The second kappa shape index (κ2) is 7.63. The number of halogens is 2. The van der Waals surface area contributed by atoms with E-state index in [1.54, 1.807) is 25.1 Å². The van der Waals surface area contributed by atoms with E-state index in [0.29, 0.717) is 17.2 Å². The van der Waals surface area contributed by atoms with Crippen LogP contribution in [0.25, 0.3) is 0 Å². The maximum Gasteiger partial charge on any atom is 0.255 e. The molecule has 5 nitrogen and oxygen atoms in total. The molecule has 0 aromatic heterocycles. The molecule has 0 saturated heterocycles. The Balaban J connectivity index is 2.23. The van der Waals surface area contributed by atoms with Crippen LogP contribution in [0.1, 0.15) is 18.5 Å². The number of carbonyl (C=O) groups is 1.